The third-order valence-corrected chi connectivity index (χ3v) is 6.90. The molecule has 36 heavy (non-hydrogen) atoms. The molecular weight excluding hydrogens is 440 g/mol. The molecule has 4 heteroatoms. The molecule has 5 aromatic rings. The summed E-state index contributed by atoms with van der Waals surface area (Å²) in [5.74, 6) is 0.977. The van der Waals surface area contributed by atoms with Gasteiger partial charge in [-0.3, -0.25) is 4.40 Å². The van der Waals surface area contributed by atoms with E-state index in [1.807, 2.05) is 24.3 Å². The van der Waals surface area contributed by atoms with E-state index >= 15 is 0 Å². The zero-order valence-electron chi connectivity index (χ0n) is 21.1. The van der Waals surface area contributed by atoms with E-state index in [4.69, 9.17) is 11.6 Å². The number of imidazole rings is 1. The normalized spacial score (nSPS) is 11.1. The number of hydrogen-bond acceptors (Lipinski definition) is 2. The van der Waals surface area contributed by atoms with Crippen molar-refractivity contribution in [2.24, 2.45) is 0 Å². The Balaban J connectivity index is 1.72. The van der Waals surface area contributed by atoms with Crippen LogP contribution in [0.25, 0.3) is 32.7 Å². The number of benzene rings is 3. The van der Waals surface area contributed by atoms with Crippen LogP contribution in [0.4, 0.5) is 11.5 Å². The first-order chi connectivity index (χ1) is 17.5. The standard InChI is InChI=1S/C32H30N4/c1-6-9-26-29(25-16-12-21(2)13-17-25)30(33-5)32-35-27-10-7-8-11-28(27)36(32)31(26)34-19-18-24-15-14-22(3)23(4)20-24/h6-8,10-17,20,34H,1,9,18-19H2,2-4H3. The van der Waals surface area contributed by atoms with Gasteiger partial charge in [0.15, 0.2) is 0 Å². The summed E-state index contributed by atoms with van der Waals surface area (Å²) in [6.07, 6.45) is 3.45. The van der Waals surface area contributed by atoms with E-state index in [1.54, 1.807) is 0 Å². The number of hydrogen-bond donors (Lipinski definition) is 1. The molecule has 2 aromatic heterocycles. The Morgan fingerprint density at radius 2 is 1.78 bits per heavy atom. The number of rotatable bonds is 7. The maximum Gasteiger partial charge on any atom is 0.237 e. The smallest absolute Gasteiger partial charge is 0.237 e. The van der Waals surface area contributed by atoms with E-state index in [0.717, 1.165) is 46.5 Å². The predicted octanol–water partition coefficient (Wildman–Crippen LogP) is 8.01. The number of nitrogens with one attached hydrogen (secondary N) is 1. The highest BCUT2D eigenvalue weighted by molar-refractivity contribution is 5.98. The quantitative estimate of drug-likeness (QED) is 0.193. The van der Waals surface area contributed by atoms with Crippen LogP contribution >= 0.6 is 0 Å². The van der Waals surface area contributed by atoms with Crippen LogP contribution in [0.5, 0.6) is 0 Å². The van der Waals surface area contributed by atoms with Crippen molar-refractivity contribution in [1.29, 1.82) is 0 Å². The summed E-state index contributed by atoms with van der Waals surface area (Å²) in [7, 11) is 0. The number of fused-ring (bicyclic) bond motifs is 3. The second-order valence-corrected chi connectivity index (χ2v) is 9.38. The van der Waals surface area contributed by atoms with Crippen LogP contribution < -0.4 is 5.32 Å². The number of para-hydroxylation sites is 2. The molecule has 0 unspecified atom stereocenters. The minimum Gasteiger partial charge on any atom is -0.371 e. The summed E-state index contributed by atoms with van der Waals surface area (Å²) in [6, 6.07) is 23.1. The van der Waals surface area contributed by atoms with Crippen LogP contribution in [0.2, 0.25) is 0 Å². The minimum atomic E-state index is 0.576. The number of pyridine rings is 1. The van der Waals surface area contributed by atoms with Gasteiger partial charge >= 0.3 is 0 Å². The number of nitrogens with zero attached hydrogens (tertiary/aromatic N) is 3. The summed E-state index contributed by atoms with van der Waals surface area (Å²) in [6.45, 7) is 19.3. The lowest BCUT2D eigenvalue weighted by Gasteiger charge is -2.20. The van der Waals surface area contributed by atoms with Crippen molar-refractivity contribution in [3.05, 3.63) is 119 Å². The zero-order chi connectivity index (χ0) is 25.2. The lowest BCUT2D eigenvalue weighted by atomic mass is 9.95. The van der Waals surface area contributed by atoms with E-state index in [0.29, 0.717) is 17.8 Å². The summed E-state index contributed by atoms with van der Waals surface area (Å²) >= 11 is 0. The van der Waals surface area contributed by atoms with Gasteiger partial charge in [-0.15, -0.1) is 6.58 Å². The molecule has 1 N–H and O–H groups in total. The van der Waals surface area contributed by atoms with E-state index in [9.17, 15) is 0 Å². The van der Waals surface area contributed by atoms with Gasteiger partial charge < -0.3 is 5.32 Å². The molecule has 0 aliphatic rings. The SMILES string of the molecule is [C-]#[N+]c1c(-c2ccc(C)cc2)c(CC=C)c(NCCc2ccc(C)c(C)c2)n2c1nc1ccccc12. The van der Waals surface area contributed by atoms with Crippen molar-refractivity contribution < 1.29 is 0 Å². The molecule has 5 rings (SSSR count). The van der Waals surface area contributed by atoms with Crippen molar-refractivity contribution in [3.63, 3.8) is 0 Å². The lowest BCUT2D eigenvalue weighted by molar-refractivity contribution is 0.986. The van der Waals surface area contributed by atoms with E-state index < -0.39 is 0 Å². The molecule has 0 aliphatic heterocycles. The molecule has 0 saturated heterocycles. The predicted molar refractivity (Wildman–Crippen MR) is 151 cm³/mol. The molecule has 0 saturated carbocycles. The van der Waals surface area contributed by atoms with Crippen molar-refractivity contribution in [2.75, 3.05) is 11.9 Å². The minimum absolute atomic E-state index is 0.576. The maximum atomic E-state index is 8.14. The van der Waals surface area contributed by atoms with Gasteiger partial charge in [0.05, 0.1) is 17.6 Å². The molecule has 4 nitrogen and oxygen atoms in total. The van der Waals surface area contributed by atoms with Crippen LogP contribution in [0.3, 0.4) is 0 Å². The topological polar surface area (TPSA) is 33.7 Å². The summed E-state index contributed by atoms with van der Waals surface area (Å²) in [4.78, 5) is 8.95. The first-order valence-corrected chi connectivity index (χ1v) is 12.3. The molecule has 0 bridgehead atoms. The molecule has 0 atom stereocenters. The monoisotopic (exact) mass is 470 g/mol. The molecule has 2 heterocycles. The number of aromatic nitrogens is 2. The first kappa shape index (κ1) is 23.4. The average Bonchev–Trinajstić information content (AvgIpc) is 3.27. The van der Waals surface area contributed by atoms with Crippen molar-refractivity contribution in [1.82, 2.24) is 9.38 Å². The molecule has 0 aliphatic carbocycles. The van der Waals surface area contributed by atoms with Crippen LogP contribution in [0.15, 0.2) is 79.4 Å². The van der Waals surface area contributed by atoms with Crippen molar-refractivity contribution >= 4 is 28.2 Å². The van der Waals surface area contributed by atoms with Crippen molar-refractivity contribution in [2.45, 2.75) is 33.6 Å². The van der Waals surface area contributed by atoms with Gasteiger partial charge in [-0.2, -0.15) is 0 Å². The molecule has 3 aromatic carbocycles. The summed E-state index contributed by atoms with van der Waals surface area (Å²) in [5.41, 5.74) is 11.3. The van der Waals surface area contributed by atoms with Gasteiger partial charge in [0, 0.05) is 6.54 Å². The van der Waals surface area contributed by atoms with E-state index in [-0.39, 0.29) is 0 Å². The first-order valence-electron chi connectivity index (χ1n) is 12.3. The Kier molecular flexibility index (Phi) is 6.31. The lowest BCUT2D eigenvalue weighted by Crippen LogP contribution is -2.12. The zero-order valence-corrected chi connectivity index (χ0v) is 21.1. The van der Waals surface area contributed by atoms with Gasteiger partial charge in [0.1, 0.15) is 11.5 Å². The Bertz CT molecular complexity index is 1630. The fraction of sp³-hybridized carbons (Fsp3) is 0.188. The molecule has 0 spiro atoms. The molecule has 0 fully saturated rings. The molecule has 0 amide bonds. The van der Waals surface area contributed by atoms with Gasteiger partial charge in [0.25, 0.3) is 0 Å². The molecule has 0 radical (unpaired) electrons. The van der Waals surface area contributed by atoms with Crippen LogP contribution in [0.1, 0.15) is 27.8 Å². The number of aryl methyl sites for hydroxylation is 3. The highest BCUT2D eigenvalue weighted by Gasteiger charge is 2.23. The van der Waals surface area contributed by atoms with Crippen LogP contribution in [-0.4, -0.2) is 15.9 Å². The Labute approximate surface area is 212 Å². The average molecular weight is 471 g/mol. The van der Waals surface area contributed by atoms with Gasteiger partial charge in [0.2, 0.25) is 5.69 Å². The maximum absolute atomic E-state index is 8.14. The summed E-state index contributed by atoms with van der Waals surface area (Å²) in [5, 5.41) is 3.75. The van der Waals surface area contributed by atoms with E-state index in [2.05, 4.69) is 90.4 Å². The Morgan fingerprint density at radius 1 is 1.00 bits per heavy atom. The highest BCUT2D eigenvalue weighted by atomic mass is 15.1. The second kappa shape index (κ2) is 9.71. The highest BCUT2D eigenvalue weighted by Crippen LogP contribution is 2.43. The number of anilines is 1. The fourth-order valence-electron chi connectivity index (χ4n) is 4.87. The Hall–Kier alpha value is -4.36. The van der Waals surface area contributed by atoms with Gasteiger partial charge in [-0.25, -0.2) is 9.83 Å². The van der Waals surface area contributed by atoms with Gasteiger partial charge in [-0.1, -0.05) is 66.2 Å². The largest absolute Gasteiger partial charge is 0.371 e. The summed E-state index contributed by atoms with van der Waals surface area (Å²) < 4.78 is 2.12. The molecular formula is C32H30N4. The molecule has 178 valence electrons. The van der Waals surface area contributed by atoms with Crippen LogP contribution in [-0.2, 0) is 12.8 Å². The van der Waals surface area contributed by atoms with Crippen LogP contribution in [0, 0.1) is 27.3 Å². The third kappa shape index (κ3) is 4.14. The van der Waals surface area contributed by atoms with Gasteiger partial charge in [-0.05, 0) is 79.1 Å². The third-order valence-electron chi connectivity index (χ3n) is 6.90. The fourth-order valence-corrected chi connectivity index (χ4v) is 4.87. The number of allylic oxidation sites excluding steroid dienone is 1. The second-order valence-electron chi connectivity index (χ2n) is 9.38. The van der Waals surface area contributed by atoms with Crippen molar-refractivity contribution in [3.8, 4) is 11.1 Å². The van der Waals surface area contributed by atoms with E-state index in [1.165, 1.54) is 22.3 Å². The Morgan fingerprint density at radius 3 is 2.50 bits per heavy atom.